The number of rotatable bonds is 5. The molecule has 0 heterocycles. The summed E-state index contributed by atoms with van der Waals surface area (Å²) in [6, 6.07) is 0. The maximum Gasteiger partial charge on any atom is 0.303 e. The molecule has 0 aliphatic rings. The molecular weight excluding hydrogens is 140 g/mol. The van der Waals surface area contributed by atoms with Crippen molar-refractivity contribution < 1.29 is 9.90 Å². The van der Waals surface area contributed by atoms with Gasteiger partial charge in [-0.25, -0.2) is 0 Å². The number of allylic oxidation sites excluding steroid dienone is 1. The number of hydrogen-bond acceptors (Lipinski definition) is 1. The van der Waals surface area contributed by atoms with E-state index in [-0.39, 0.29) is 11.8 Å². The number of carbonyl (C=O) groups is 1. The molecule has 1 N–H and O–H groups in total. The van der Waals surface area contributed by atoms with E-state index in [1.54, 1.807) is 0 Å². The zero-order chi connectivity index (χ0) is 8.91. The fourth-order valence-corrected chi connectivity index (χ4v) is 0.938. The van der Waals surface area contributed by atoms with Gasteiger partial charge in [-0.3, -0.25) is 4.79 Å². The third kappa shape index (κ3) is 5.64. The van der Waals surface area contributed by atoms with Crippen LogP contribution in [-0.2, 0) is 4.79 Å². The maximum absolute atomic E-state index is 10.2. The first-order chi connectivity index (χ1) is 4.98. The Morgan fingerprint density at radius 1 is 1.64 bits per heavy atom. The molecule has 64 valence electrons. The van der Waals surface area contributed by atoms with Gasteiger partial charge in [-0.1, -0.05) is 19.9 Å². The van der Waals surface area contributed by atoms with Gasteiger partial charge in [0.1, 0.15) is 0 Å². The Labute approximate surface area is 67.9 Å². The lowest BCUT2D eigenvalue weighted by molar-refractivity contribution is -0.137. The quantitative estimate of drug-likeness (QED) is 0.621. The predicted octanol–water partition coefficient (Wildman–Crippen LogP) is 2.45. The Kier molecular flexibility index (Phi) is 3.86. The van der Waals surface area contributed by atoms with Crippen LogP contribution in [0.15, 0.2) is 12.7 Å². The number of aliphatic carboxylic acids is 1. The molecule has 0 saturated carbocycles. The van der Waals surface area contributed by atoms with Gasteiger partial charge in [-0.05, 0) is 18.3 Å². The molecule has 0 aromatic rings. The summed E-state index contributed by atoms with van der Waals surface area (Å²) in [7, 11) is 0. The highest BCUT2D eigenvalue weighted by molar-refractivity contribution is 5.66. The Bertz CT molecular complexity index is 148. The lowest BCUT2D eigenvalue weighted by atomic mass is 9.84. The van der Waals surface area contributed by atoms with E-state index in [1.807, 2.05) is 6.08 Å². The molecule has 0 spiro atoms. The Balaban J connectivity index is 3.71. The Hall–Kier alpha value is -0.790. The van der Waals surface area contributed by atoms with E-state index in [0.717, 1.165) is 6.42 Å². The molecule has 0 amide bonds. The van der Waals surface area contributed by atoms with E-state index >= 15 is 0 Å². The average molecular weight is 156 g/mol. The fourth-order valence-electron chi connectivity index (χ4n) is 0.938. The Morgan fingerprint density at radius 3 is 2.55 bits per heavy atom. The van der Waals surface area contributed by atoms with Crippen molar-refractivity contribution in [1.29, 1.82) is 0 Å². The van der Waals surface area contributed by atoms with Gasteiger partial charge in [-0.15, -0.1) is 6.58 Å². The van der Waals surface area contributed by atoms with Gasteiger partial charge in [0.05, 0.1) is 0 Å². The molecule has 0 atom stereocenters. The minimum atomic E-state index is -0.720. The van der Waals surface area contributed by atoms with Crippen LogP contribution in [0.2, 0.25) is 0 Å². The molecule has 0 aromatic carbocycles. The van der Waals surface area contributed by atoms with Crippen LogP contribution in [0.5, 0.6) is 0 Å². The van der Waals surface area contributed by atoms with Crippen molar-refractivity contribution in [2.24, 2.45) is 5.41 Å². The van der Waals surface area contributed by atoms with Gasteiger partial charge in [0, 0.05) is 6.42 Å². The number of carboxylic acids is 1. The van der Waals surface area contributed by atoms with Crippen LogP contribution in [0, 0.1) is 5.41 Å². The molecule has 2 nitrogen and oxygen atoms in total. The fraction of sp³-hybridized carbons (Fsp3) is 0.667. The van der Waals surface area contributed by atoms with Gasteiger partial charge >= 0.3 is 5.97 Å². The average Bonchev–Trinajstić information content (AvgIpc) is 1.84. The highest BCUT2D eigenvalue weighted by Gasteiger charge is 2.16. The minimum Gasteiger partial charge on any atom is -0.481 e. The standard InChI is InChI=1S/C9H16O2/c1-4-6-9(2,3)7-5-8(10)11/h4H,1,5-7H2,2-3H3,(H,10,11). The summed E-state index contributed by atoms with van der Waals surface area (Å²) in [4.78, 5) is 10.2. The van der Waals surface area contributed by atoms with Crippen molar-refractivity contribution in [1.82, 2.24) is 0 Å². The zero-order valence-electron chi connectivity index (χ0n) is 7.26. The predicted molar refractivity (Wildman–Crippen MR) is 45.5 cm³/mol. The first-order valence-electron chi connectivity index (χ1n) is 3.80. The smallest absolute Gasteiger partial charge is 0.303 e. The molecule has 0 aliphatic carbocycles. The minimum absolute atomic E-state index is 0.0835. The second-order valence-corrected chi connectivity index (χ2v) is 3.55. The molecule has 2 heteroatoms. The van der Waals surface area contributed by atoms with E-state index in [1.165, 1.54) is 0 Å². The summed E-state index contributed by atoms with van der Waals surface area (Å²) in [5.74, 6) is -0.720. The van der Waals surface area contributed by atoms with E-state index < -0.39 is 5.97 Å². The van der Waals surface area contributed by atoms with Crippen LogP contribution in [0.3, 0.4) is 0 Å². The Morgan fingerprint density at radius 2 is 2.18 bits per heavy atom. The van der Waals surface area contributed by atoms with Crippen molar-refractivity contribution in [3.63, 3.8) is 0 Å². The van der Waals surface area contributed by atoms with Crippen LogP contribution in [0.25, 0.3) is 0 Å². The summed E-state index contributed by atoms with van der Waals surface area (Å²) < 4.78 is 0. The molecule has 11 heavy (non-hydrogen) atoms. The molecule has 0 radical (unpaired) electrons. The van der Waals surface area contributed by atoms with E-state index in [0.29, 0.717) is 6.42 Å². The third-order valence-corrected chi connectivity index (χ3v) is 1.71. The van der Waals surface area contributed by atoms with Crippen LogP contribution >= 0.6 is 0 Å². The van der Waals surface area contributed by atoms with Crippen molar-refractivity contribution in [3.05, 3.63) is 12.7 Å². The highest BCUT2D eigenvalue weighted by atomic mass is 16.4. The molecule has 0 saturated heterocycles. The molecule has 0 unspecified atom stereocenters. The number of hydrogen-bond donors (Lipinski definition) is 1. The summed E-state index contributed by atoms with van der Waals surface area (Å²) in [5, 5.41) is 8.42. The largest absolute Gasteiger partial charge is 0.481 e. The van der Waals surface area contributed by atoms with Crippen LogP contribution < -0.4 is 0 Å². The van der Waals surface area contributed by atoms with Gasteiger partial charge in [0.2, 0.25) is 0 Å². The van der Waals surface area contributed by atoms with Crippen LogP contribution in [0.1, 0.15) is 33.1 Å². The first-order valence-corrected chi connectivity index (χ1v) is 3.80. The van der Waals surface area contributed by atoms with Crippen molar-refractivity contribution in [2.75, 3.05) is 0 Å². The van der Waals surface area contributed by atoms with E-state index in [9.17, 15) is 4.79 Å². The normalized spacial score (nSPS) is 11.1. The van der Waals surface area contributed by atoms with Crippen molar-refractivity contribution in [2.45, 2.75) is 33.1 Å². The van der Waals surface area contributed by atoms with Crippen LogP contribution in [0.4, 0.5) is 0 Å². The molecule has 0 aliphatic heterocycles. The third-order valence-electron chi connectivity index (χ3n) is 1.71. The summed E-state index contributed by atoms with van der Waals surface area (Å²) in [6.07, 6.45) is 3.68. The molecule has 0 fully saturated rings. The zero-order valence-corrected chi connectivity index (χ0v) is 7.26. The maximum atomic E-state index is 10.2. The summed E-state index contributed by atoms with van der Waals surface area (Å²) in [6.45, 7) is 7.73. The molecule has 0 rings (SSSR count). The van der Waals surface area contributed by atoms with Crippen molar-refractivity contribution >= 4 is 5.97 Å². The van der Waals surface area contributed by atoms with Gasteiger partial charge in [0.25, 0.3) is 0 Å². The first kappa shape index (κ1) is 10.2. The van der Waals surface area contributed by atoms with Crippen molar-refractivity contribution in [3.8, 4) is 0 Å². The topological polar surface area (TPSA) is 37.3 Å². The molecule has 0 bridgehead atoms. The lowest BCUT2D eigenvalue weighted by Crippen LogP contribution is -2.12. The lowest BCUT2D eigenvalue weighted by Gasteiger charge is -2.21. The van der Waals surface area contributed by atoms with Gasteiger partial charge in [0.15, 0.2) is 0 Å². The molecular formula is C9H16O2. The van der Waals surface area contributed by atoms with Gasteiger partial charge in [-0.2, -0.15) is 0 Å². The number of carboxylic acid groups (broad SMARTS) is 1. The van der Waals surface area contributed by atoms with E-state index in [4.69, 9.17) is 5.11 Å². The summed E-state index contributed by atoms with van der Waals surface area (Å²) >= 11 is 0. The SMILES string of the molecule is C=CCC(C)(C)CCC(=O)O. The second-order valence-electron chi connectivity index (χ2n) is 3.55. The molecule has 0 aromatic heterocycles. The summed E-state index contributed by atoms with van der Waals surface area (Å²) in [5.41, 5.74) is 0.0835. The monoisotopic (exact) mass is 156 g/mol. The van der Waals surface area contributed by atoms with Crippen LogP contribution in [-0.4, -0.2) is 11.1 Å². The van der Waals surface area contributed by atoms with Gasteiger partial charge < -0.3 is 5.11 Å². The second kappa shape index (κ2) is 4.16. The highest BCUT2D eigenvalue weighted by Crippen LogP contribution is 2.26. The van der Waals surface area contributed by atoms with E-state index in [2.05, 4.69) is 20.4 Å².